The molecule has 2 aromatic carbocycles. The van der Waals surface area contributed by atoms with Crippen molar-refractivity contribution in [2.45, 2.75) is 140 Å². The molecule has 2 aliphatic rings. The molecule has 4 N–H and O–H groups in total. The number of esters is 2. The van der Waals surface area contributed by atoms with Crippen molar-refractivity contribution in [2.24, 2.45) is 0 Å². The molecule has 2 unspecified atom stereocenters. The van der Waals surface area contributed by atoms with Gasteiger partial charge in [-0.25, -0.2) is 0 Å². The maximum Gasteiger partial charge on any atom is 0.308 e. The molecule has 2 saturated heterocycles. The summed E-state index contributed by atoms with van der Waals surface area (Å²) in [6, 6.07) is 18.7. The largest absolute Gasteiger partial charge is 0.433 e. The van der Waals surface area contributed by atoms with E-state index in [1.165, 1.54) is 0 Å². The minimum atomic E-state index is -1.85. The van der Waals surface area contributed by atoms with Crippen LogP contribution in [0, 0.1) is 0 Å². The molecule has 0 saturated carbocycles. The second-order valence-electron chi connectivity index (χ2n) is 16.3. The molecule has 0 aliphatic carbocycles. The van der Waals surface area contributed by atoms with Crippen LogP contribution in [-0.4, -0.2) is 89.4 Å². The van der Waals surface area contributed by atoms with E-state index in [4.69, 9.17) is 19.1 Å². The fourth-order valence-corrected chi connectivity index (χ4v) is 8.19. The van der Waals surface area contributed by atoms with Crippen molar-refractivity contribution in [3.8, 4) is 0 Å². The van der Waals surface area contributed by atoms with Gasteiger partial charge in [0.1, 0.15) is 12.2 Å². The second kappa shape index (κ2) is 15.0. The van der Waals surface area contributed by atoms with Gasteiger partial charge in [-0.1, -0.05) is 60.7 Å². The first kappa shape index (κ1) is 39.8. The topological polar surface area (TPSA) is 158 Å². The Morgan fingerprint density at radius 3 is 1.12 bits per heavy atom. The third kappa shape index (κ3) is 9.48. The van der Waals surface area contributed by atoms with Gasteiger partial charge in [-0.15, -0.1) is 0 Å². The van der Waals surface area contributed by atoms with Gasteiger partial charge in [-0.05, 0) is 66.5 Å². The van der Waals surface area contributed by atoms with Crippen LogP contribution in [0.1, 0.15) is 117 Å². The predicted octanol–water partition coefficient (Wildman–Crippen LogP) is 4.87. The van der Waals surface area contributed by atoms with Gasteiger partial charge in [0.15, 0.2) is 0 Å². The molecule has 2 aromatic rings. The van der Waals surface area contributed by atoms with Gasteiger partial charge in [-0.2, -0.15) is 10.1 Å². The zero-order chi connectivity index (χ0) is 37.2. The number of aliphatic hydroxyl groups excluding tert-OH is 2. The van der Waals surface area contributed by atoms with Crippen molar-refractivity contribution in [1.82, 2.24) is 10.1 Å². The molecular weight excluding hydrogens is 644 g/mol. The third-order valence-electron chi connectivity index (χ3n) is 9.32. The van der Waals surface area contributed by atoms with E-state index in [0.29, 0.717) is 0 Å². The molecule has 0 spiro atoms. The molecule has 0 bridgehead atoms. The fraction of sp³-hybridized carbons (Fsp3) is 0.632. The Morgan fingerprint density at radius 1 is 0.580 bits per heavy atom. The normalized spacial score (nSPS) is 23.4. The highest BCUT2D eigenvalue weighted by molar-refractivity contribution is 5.78. The SMILES string of the molecule is CC1(C)CC(O)(OC(=O)CCC(=O)OC2(O)CC(C)(C)N(OC(CO)c3ccccc3)C(C)(C)C2)CC(C)(C)N1OC(CO)c1ccccc1. The number of hydroxylamine groups is 4. The molecule has 278 valence electrons. The Balaban J connectivity index is 1.34. The monoisotopic (exact) mass is 700 g/mol. The van der Waals surface area contributed by atoms with Gasteiger partial charge in [-0.3, -0.25) is 19.3 Å². The van der Waals surface area contributed by atoms with Crippen LogP contribution in [0.3, 0.4) is 0 Å². The first-order valence-electron chi connectivity index (χ1n) is 17.3. The molecule has 0 radical (unpaired) electrons. The van der Waals surface area contributed by atoms with Crippen LogP contribution < -0.4 is 0 Å². The molecule has 12 heteroatoms. The zero-order valence-electron chi connectivity index (χ0n) is 30.7. The summed E-state index contributed by atoms with van der Waals surface area (Å²) in [5.74, 6) is -5.26. The number of nitrogens with zero attached hydrogens (tertiary/aromatic N) is 2. The molecule has 2 heterocycles. The van der Waals surface area contributed by atoms with E-state index in [0.717, 1.165) is 11.1 Å². The van der Waals surface area contributed by atoms with E-state index >= 15 is 0 Å². The van der Waals surface area contributed by atoms with Gasteiger partial charge < -0.3 is 29.9 Å². The molecule has 0 amide bonds. The lowest BCUT2D eigenvalue weighted by molar-refractivity contribution is -0.358. The minimum absolute atomic E-state index is 0.0104. The van der Waals surface area contributed by atoms with E-state index < -0.39 is 57.9 Å². The first-order chi connectivity index (χ1) is 23.1. The third-order valence-corrected chi connectivity index (χ3v) is 9.32. The summed E-state index contributed by atoms with van der Waals surface area (Å²) < 4.78 is 11.2. The van der Waals surface area contributed by atoms with Crippen molar-refractivity contribution < 1.29 is 49.2 Å². The van der Waals surface area contributed by atoms with Crippen LogP contribution in [0.15, 0.2) is 60.7 Å². The Morgan fingerprint density at radius 2 is 0.860 bits per heavy atom. The number of hydrogen-bond donors (Lipinski definition) is 4. The summed E-state index contributed by atoms with van der Waals surface area (Å²) in [4.78, 5) is 38.7. The van der Waals surface area contributed by atoms with Gasteiger partial charge in [0.25, 0.3) is 0 Å². The van der Waals surface area contributed by atoms with E-state index in [2.05, 4.69) is 0 Å². The maximum absolute atomic E-state index is 13.0. The summed E-state index contributed by atoms with van der Waals surface area (Å²) in [6.07, 6.45) is -1.95. The second-order valence-corrected chi connectivity index (χ2v) is 16.3. The highest BCUT2D eigenvalue weighted by atomic mass is 16.7. The van der Waals surface area contributed by atoms with Crippen LogP contribution in [0.5, 0.6) is 0 Å². The quantitative estimate of drug-likeness (QED) is 0.166. The van der Waals surface area contributed by atoms with Crippen LogP contribution >= 0.6 is 0 Å². The van der Waals surface area contributed by atoms with Crippen LogP contribution in [0.2, 0.25) is 0 Å². The Bertz CT molecular complexity index is 1300. The average Bonchev–Trinajstić information content (AvgIpc) is 2.98. The summed E-state index contributed by atoms with van der Waals surface area (Å²) >= 11 is 0. The predicted molar refractivity (Wildman–Crippen MR) is 184 cm³/mol. The van der Waals surface area contributed by atoms with Crippen molar-refractivity contribution in [1.29, 1.82) is 0 Å². The summed E-state index contributed by atoms with van der Waals surface area (Å²) in [5, 5.41) is 46.8. The van der Waals surface area contributed by atoms with Gasteiger partial charge in [0, 0.05) is 47.8 Å². The van der Waals surface area contributed by atoms with Crippen LogP contribution in [0.25, 0.3) is 0 Å². The summed E-state index contributed by atoms with van der Waals surface area (Å²) in [5.41, 5.74) is -1.69. The zero-order valence-corrected chi connectivity index (χ0v) is 30.7. The van der Waals surface area contributed by atoms with E-state index in [-0.39, 0.29) is 51.7 Å². The van der Waals surface area contributed by atoms with E-state index in [1.54, 1.807) is 10.1 Å². The molecule has 50 heavy (non-hydrogen) atoms. The lowest BCUT2D eigenvalue weighted by Gasteiger charge is -2.56. The van der Waals surface area contributed by atoms with Crippen molar-refractivity contribution in [3.05, 3.63) is 71.8 Å². The van der Waals surface area contributed by atoms with Crippen LogP contribution in [0.4, 0.5) is 0 Å². The van der Waals surface area contributed by atoms with E-state index in [9.17, 15) is 30.0 Å². The van der Waals surface area contributed by atoms with Gasteiger partial charge in [0.05, 0.1) is 26.1 Å². The standard InChI is InChI=1S/C38H56N2O10/c1-33(2)23-37(45,24-34(3,4)39(33)49-29(21-41)27-15-11-9-12-16-27)47-31(43)19-20-32(44)48-38(46)25-35(5,6)40(36(7,8)26-38)50-30(22-42)28-17-13-10-14-18-28/h9-18,29-30,41-42,45-46H,19-26H2,1-8H3. The van der Waals surface area contributed by atoms with Crippen molar-refractivity contribution in [3.63, 3.8) is 0 Å². The first-order valence-corrected chi connectivity index (χ1v) is 17.3. The minimum Gasteiger partial charge on any atom is -0.433 e. The molecular formula is C38H56N2O10. The van der Waals surface area contributed by atoms with E-state index in [1.807, 2.05) is 116 Å². The highest BCUT2D eigenvalue weighted by Crippen LogP contribution is 2.47. The highest BCUT2D eigenvalue weighted by Gasteiger charge is 2.57. The molecule has 4 rings (SSSR count). The smallest absolute Gasteiger partial charge is 0.308 e. The van der Waals surface area contributed by atoms with Gasteiger partial charge >= 0.3 is 11.9 Å². The summed E-state index contributed by atoms with van der Waals surface area (Å²) in [6.45, 7) is 14.3. The number of rotatable bonds is 13. The Hall–Kier alpha value is -2.94. The molecule has 12 nitrogen and oxygen atoms in total. The maximum atomic E-state index is 13.0. The Kier molecular flexibility index (Phi) is 11.9. The number of benzene rings is 2. The fourth-order valence-electron chi connectivity index (χ4n) is 8.19. The number of aliphatic hydroxyl groups is 4. The summed E-state index contributed by atoms with van der Waals surface area (Å²) in [7, 11) is 0. The van der Waals surface area contributed by atoms with Crippen LogP contribution in [-0.2, 0) is 28.7 Å². The average molecular weight is 701 g/mol. The lowest BCUT2D eigenvalue weighted by atomic mass is 9.78. The molecule has 2 atom stereocenters. The molecule has 2 aliphatic heterocycles. The Labute approximate surface area is 295 Å². The molecule has 2 fully saturated rings. The van der Waals surface area contributed by atoms with Gasteiger partial charge in [0.2, 0.25) is 11.6 Å². The number of ether oxygens (including phenoxy) is 2. The number of carbonyl (C=O) groups is 2. The number of hydrogen-bond acceptors (Lipinski definition) is 12. The number of piperidine rings is 2. The molecule has 0 aromatic heterocycles. The number of carbonyl (C=O) groups excluding carboxylic acids is 2. The van der Waals surface area contributed by atoms with Crippen molar-refractivity contribution in [2.75, 3.05) is 13.2 Å². The lowest BCUT2D eigenvalue weighted by Crippen LogP contribution is -2.66. The van der Waals surface area contributed by atoms with Crippen molar-refractivity contribution >= 4 is 11.9 Å².